The lowest BCUT2D eigenvalue weighted by Gasteiger charge is -2.20. The molecular formula is C14H13F5N2OS. The van der Waals surface area contributed by atoms with Crippen LogP contribution in [0.15, 0.2) is 18.3 Å². The summed E-state index contributed by atoms with van der Waals surface area (Å²) in [6.07, 6.45) is -6.11. The van der Waals surface area contributed by atoms with Crippen molar-refractivity contribution in [3.8, 4) is 10.6 Å². The van der Waals surface area contributed by atoms with Crippen molar-refractivity contribution in [1.29, 1.82) is 0 Å². The highest BCUT2D eigenvalue weighted by molar-refractivity contribution is 7.15. The van der Waals surface area contributed by atoms with Crippen molar-refractivity contribution in [2.45, 2.75) is 38.5 Å². The number of halogens is 5. The second-order valence-electron chi connectivity index (χ2n) is 4.92. The van der Waals surface area contributed by atoms with Gasteiger partial charge in [0.25, 0.3) is 5.92 Å². The zero-order valence-corrected chi connectivity index (χ0v) is 13.0. The minimum absolute atomic E-state index is 0.00764. The van der Waals surface area contributed by atoms with E-state index in [1.54, 1.807) is 0 Å². The molecule has 0 radical (unpaired) electrons. The predicted molar refractivity (Wildman–Crippen MR) is 75.3 cm³/mol. The number of pyridine rings is 1. The van der Waals surface area contributed by atoms with Crippen molar-refractivity contribution in [1.82, 2.24) is 9.97 Å². The van der Waals surface area contributed by atoms with Gasteiger partial charge in [0.15, 0.2) is 6.10 Å². The van der Waals surface area contributed by atoms with E-state index in [1.807, 2.05) is 0 Å². The topological polar surface area (TPSA) is 46.0 Å². The van der Waals surface area contributed by atoms with Gasteiger partial charge in [-0.15, -0.1) is 11.3 Å². The Hall–Kier alpha value is -1.61. The van der Waals surface area contributed by atoms with E-state index in [0.29, 0.717) is 0 Å². The van der Waals surface area contributed by atoms with E-state index in [9.17, 15) is 27.1 Å². The second-order valence-corrected chi connectivity index (χ2v) is 5.95. The number of alkyl halides is 5. The average Bonchev–Trinajstić information content (AvgIpc) is 2.87. The molecule has 1 N–H and O–H groups in total. The Kier molecular flexibility index (Phi) is 4.72. The average molecular weight is 352 g/mol. The number of hydrogen-bond acceptors (Lipinski definition) is 4. The second kappa shape index (κ2) is 6.12. The van der Waals surface area contributed by atoms with Gasteiger partial charge in [-0.25, -0.2) is 13.8 Å². The monoisotopic (exact) mass is 352 g/mol. The smallest absolute Gasteiger partial charge is 0.381 e. The Morgan fingerprint density at radius 3 is 2.35 bits per heavy atom. The van der Waals surface area contributed by atoms with Crippen molar-refractivity contribution in [2.24, 2.45) is 0 Å². The zero-order chi connectivity index (χ0) is 17.4. The fraction of sp³-hybridized carbons (Fsp3) is 0.429. The minimum Gasteiger partial charge on any atom is -0.381 e. The first kappa shape index (κ1) is 17.7. The molecule has 23 heavy (non-hydrogen) atoms. The number of hydrogen-bond donors (Lipinski definition) is 1. The van der Waals surface area contributed by atoms with Crippen molar-refractivity contribution in [3.05, 3.63) is 34.6 Å². The fourth-order valence-corrected chi connectivity index (χ4v) is 2.97. The molecule has 2 rings (SSSR count). The summed E-state index contributed by atoms with van der Waals surface area (Å²) in [5.41, 5.74) is -0.567. The summed E-state index contributed by atoms with van der Waals surface area (Å²) in [5.74, 6) is -3.30. The van der Waals surface area contributed by atoms with Crippen LogP contribution >= 0.6 is 11.3 Å². The number of nitrogens with zero attached hydrogens (tertiary/aromatic N) is 2. The van der Waals surface area contributed by atoms with Crippen molar-refractivity contribution in [3.63, 3.8) is 0 Å². The Labute approximate surface area is 132 Å². The van der Waals surface area contributed by atoms with Gasteiger partial charge < -0.3 is 5.11 Å². The standard InChI is InChI=1S/C14H13F5N2OS/c1-3-13(15,16)11(22)10-7(2)21-12(23-10)8-4-5-9(20-6-8)14(17,18)19/h4-6,11,22H,3H2,1-2H3. The molecule has 1 unspecified atom stereocenters. The lowest BCUT2D eigenvalue weighted by Crippen LogP contribution is -2.24. The van der Waals surface area contributed by atoms with Gasteiger partial charge in [-0.1, -0.05) is 6.92 Å². The molecule has 0 aliphatic heterocycles. The van der Waals surface area contributed by atoms with E-state index in [0.717, 1.165) is 23.6 Å². The molecule has 126 valence electrons. The number of thiazole rings is 1. The molecule has 0 spiro atoms. The Morgan fingerprint density at radius 2 is 1.87 bits per heavy atom. The molecule has 2 aromatic rings. The van der Waals surface area contributed by atoms with Crippen LogP contribution in [0.25, 0.3) is 10.6 Å². The van der Waals surface area contributed by atoms with Gasteiger partial charge >= 0.3 is 6.18 Å². The highest BCUT2D eigenvalue weighted by Crippen LogP contribution is 2.40. The van der Waals surface area contributed by atoms with Crippen LogP contribution in [0.1, 0.15) is 35.7 Å². The zero-order valence-electron chi connectivity index (χ0n) is 12.2. The molecule has 0 saturated heterocycles. The van der Waals surface area contributed by atoms with Crippen LogP contribution in [-0.2, 0) is 6.18 Å². The molecule has 0 aromatic carbocycles. The Morgan fingerprint density at radius 1 is 1.22 bits per heavy atom. The van der Waals surface area contributed by atoms with Gasteiger partial charge in [-0.05, 0) is 19.1 Å². The van der Waals surface area contributed by atoms with E-state index in [-0.39, 0.29) is 21.1 Å². The van der Waals surface area contributed by atoms with E-state index >= 15 is 0 Å². The van der Waals surface area contributed by atoms with E-state index < -0.39 is 30.3 Å². The van der Waals surface area contributed by atoms with Crippen LogP contribution in [0.3, 0.4) is 0 Å². The lowest BCUT2D eigenvalue weighted by molar-refractivity contribution is -0.141. The Balaban J connectivity index is 2.34. The third-order valence-electron chi connectivity index (χ3n) is 3.25. The number of rotatable bonds is 4. The third-order valence-corrected chi connectivity index (χ3v) is 4.51. The molecule has 2 heterocycles. The molecule has 1 atom stereocenters. The maximum Gasteiger partial charge on any atom is 0.433 e. The largest absolute Gasteiger partial charge is 0.433 e. The number of aromatic nitrogens is 2. The first-order valence-corrected chi connectivity index (χ1v) is 7.44. The highest BCUT2D eigenvalue weighted by Gasteiger charge is 2.39. The van der Waals surface area contributed by atoms with Crippen LogP contribution < -0.4 is 0 Å². The number of aliphatic hydroxyl groups is 1. The van der Waals surface area contributed by atoms with Crippen LogP contribution in [0.5, 0.6) is 0 Å². The van der Waals surface area contributed by atoms with Gasteiger partial charge in [-0.2, -0.15) is 13.2 Å². The molecule has 0 saturated carbocycles. The first-order chi connectivity index (χ1) is 10.6. The summed E-state index contributed by atoms with van der Waals surface area (Å²) in [6, 6.07) is 1.96. The SMILES string of the molecule is CCC(F)(F)C(O)c1sc(-c2ccc(C(F)(F)F)nc2)nc1C. The molecule has 0 fully saturated rings. The molecule has 0 amide bonds. The fourth-order valence-electron chi connectivity index (χ4n) is 1.86. The van der Waals surface area contributed by atoms with Gasteiger partial charge in [0.1, 0.15) is 10.7 Å². The van der Waals surface area contributed by atoms with Gasteiger partial charge in [-0.3, -0.25) is 4.98 Å². The quantitative estimate of drug-likeness (QED) is 0.818. The molecule has 3 nitrogen and oxygen atoms in total. The van der Waals surface area contributed by atoms with Crippen LogP contribution in [0.2, 0.25) is 0 Å². The van der Waals surface area contributed by atoms with Crippen molar-refractivity contribution in [2.75, 3.05) is 0 Å². The summed E-state index contributed by atoms with van der Waals surface area (Å²) < 4.78 is 64.6. The van der Waals surface area contributed by atoms with E-state index in [1.165, 1.54) is 19.9 Å². The maximum atomic E-state index is 13.6. The molecule has 0 aliphatic carbocycles. The van der Waals surface area contributed by atoms with Crippen LogP contribution in [0.4, 0.5) is 22.0 Å². The maximum absolute atomic E-state index is 13.6. The summed E-state index contributed by atoms with van der Waals surface area (Å²) in [5, 5.41) is 10.0. The summed E-state index contributed by atoms with van der Waals surface area (Å²) in [4.78, 5) is 7.34. The first-order valence-electron chi connectivity index (χ1n) is 6.63. The van der Waals surface area contributed by atoms with E-state index in [2.05, 4.69) is 9.97 Å². The van der Waals surface area contributed by atoms with E-state index in [4.69, 9.17) is 0 Å². The van der Waals surface area contributed by atoms with Gasteiger partial charge in [0.05, 0.1) is 10.6 Å². The highest BCUT2D eigenvalue weighted by atomic mass is 32.1. The van der Waals surface area contributed by atoms with Crippen molar-refractivity contribution < 1.29 is 27.1 Å². The number of aryl methyl sites for hydroxylation is 1. The molecular weight excluding hydrogens is 339 g/mol. The minimum atomic E-state index is -4.55. The normalized spacial score (nSPS) is 14.1. The summed E-state index contributed by atoms with van der Waals surface area (Å²) >= 11 is 0.814. The molecule has 2 aromatic heterocycles. The predicted octanol–water partition coefficient (Wildman–Crippen LogP) is 4.61. The van der Waals surface area contributed by atoms with Gasteiger partial charge in [0.2, 0.25) is 0 Å². The third kappa shape index (κ3) is 3.66. The van der Waals surface area contributed by atoms with Crippen LogP contribution in [-0.4, -0.2) is 21.0 Å². The van der Waals surface area contributed by atoms with Crippen LogP contribution in [0, 0.1) is 6.92 Å². The summed E-state index contributed by atoms with van der Waals surface area (Å²) in [6.45, 7) is 2.71. The van der Waals surface area contributed by atoms with Crippen molar-refractivity contribution >= 4 is 11.3 Å². The van der Waals surface area contributed by atoms with Gasteiger partial charge in [0, 0.05) is 18.2 Å². The number of aliphatic hydroxyl groups excluding tert-OH is 1. The molecule has 9 heteroatoms. The molecule has 0 aliphatic rings. The lowest BCUT2D eigenvalue weighted by atomic mass is 10.1. The molecule has 0 bridgehead atoms. The Bertz CT molecular complexity index is 681. The summed E-state index contributed by atoms with van der Waals surface area (Å²) in [7, 11) is 0.